The highest BCUT2D eigenvalue weighted by Gasteiger charge is 2.11. The summed E-state index contributed by atoms with van der Waals surface area (Å²) in [6.07, 6.45) is 0. The average molecular weight is 364 g/mol. The Morgan fingerprint density at radius 1 is 1.00 bits per heavy atom. The van der Waals surface area contributed by atoms with E-state index in [2.05, 4.69) is 10.5 Å². The minimum absolute atomic E-state index is 0.302. The maximum absolute atomic E-state index is 13.3. The highest BCUT2D eigenvalue weighted by Crippen LogP contribution is 2.33. The second-order valence-electron chi connectivity index (χ2n) is 4.63. The molecule has 2 rings (SSSR count). The van der Waals surface area contributed by atoms with Crippen molar-refractivity contribution in [2.75, 3.05) is 5.43 Å². The molecule has 0 radical (unpaired) electrons. The first kappa shape index (κ1) is 17.0. The Hall–Kier alpha value is -1.36. The lowest BCUT2D eigenvalue weighted by Crippen LogP contribution is -2.04. The van der Waals surface area contributed by atoms with Crippen LogP contribution in [-0.2, 0) is 0 Å². The van der Waals surface area contributed by atoms with Gasteiger partial charge in [-0.3, -0.25) is 5.43 Å². The molecule has 22 heavy (non-hydrogen) atoms. The van der Waals surface area contributed by atoms with Crippen molar-refractivity contribution in [3.05, 3.63) is 62.1 Å². The van der Waals surface area contributed by atoms with Gasteiger partial charge in [0.2, 0.25) is 0 Å². The zero-order chi connectivity index (χ0) is 16.4. The summed E-state index contributed by atoms with van der Waals surface area (Å²) in [7, 11) is 0. The molecule has 2 nitrogen and oxygen atoms in total. The number of hydrogen-bond donors (Lipinski definition) is 1. The van der Waals surface area contributed by atoms with Gasteiger partial charge in [-0.05, 0) is 43.7 Å². The van der Waals surface area contributed by atoms with Gasteiger partial charge >= 0.3 is 0 Å². The van der Waals surface area contributed by atoms with Crippen LogP contribution in [0, 0.1) is 18.6 Å². The van der Waals surface area contributed by atoms with E-state index in [0.717, 1.165) is 12.1 Å². The van der Waals surface area contributed by atoms with Gasteiger partial charge in [-0.1, -0.05) is 34.8 Å². The Labute approximate surface area is 141 Å². The molecule has 2 aromatic rings. The maximum Gasteiger partial charge on any atom is 0.159 e. The molecule has 0 aliphatic carbocycles. The van der Waals surface area contributed by atoms with Gasteiger partial charge < -0.3 is 0 Å². The molecule has 0 atom stereocenters. The Kier molecular flexibility index (Phi) is 5.27. The van der Waals surface area contributed by atoms with Gasteiger partial charge in [-0.2, -0.15) is 5.10 Å². The quantitative estimate of drug-likeness (QED) is 0.519. The molecular weight excluding hydrogens is 353 g/mol. The number of hydrogen-bond acceptors (Lipinski definition) is 2. The van der Waals surface area contributed by atoms with Crippen LogP contribution < -0.4 is 5.43 Å². The zero-order valence-electron chi connectivity index (χ0n) is 11.6. The summed E-state index contributed by atoms with van der Waals surface area (Å²) in [5, 5.41) is 5.12. The summed E-state index contributed by atoms with van der Waals surface area (Å²) in [5.74, 6) is -1.83. The molecule has 0 fully saturated rings. The van der Waals surface area contributed by atoms with Crippen LogP contribution in [0.5, 0.6) is 0 Å². The Morgan fingerprint density at radius 3 is 2.14 bits per heavy atom. The third kappa shape index (κ3) is 3.69. The first-order valence-electron chi connectivity index (χ1n) is 6.20. The van der Waals surface area contributed by atoms with E-state index in [9.17, 15) is 8.78 Å². The summed E-state index contributed by atoms with van der Waals surface area (Å²) < 4.78 is 26.5. The number of aryl methyl sites for hydroxylation is 1. The normalized spacial score (nSPS) is 11.7. The molecule has 0 aliphatic rings. The maximum atomic E-state index is 13.3. The molecule has 7 heteroatoms. The second-order valence-corrected chi connectivity index (χ2v) is 5.89. The molecule has 0 aromatic heterocycles. The lowest BCUT2D eigenvalue weighted by Gasteiger charge is -2.10. The number of anilines is 1. The van der Waals surface area contributed by atoms with Crippen LogP contribution in [0.3, 0.4) is 0 Å². The van der Waals surface area contributed by atoms with Crippen molar-refractivity contribution >= 4 is 46.2 Å². The predicted octanol–water partition coefficient (Wildman–Crippen LogP) is 6.07. The van der Waals surface area contributed by atoms with E-state index in [1.54, 1.807) is 13.8 Å². The fourth-order valence-electron chi connectivity index (χ4n) is 1.89. The Bertz CT molecular complexity index is 738. The Morgan fingerprint density at radius 2 is 1.55 bits per heavy atom. The summed E-state index contributed by atoms with van der Waals surface area (Å²) in [6, 6.07) is 5.25. The summed E-state index contributed by atoms with van der Waals surface area (Å²) in [4.78, 5) is 0. The smallest absolute Gasteiger partial charge is 0.159 e. The van der Waals surface area contributed by atoms with Gasteiger partial charge in [0, 0.05) is 10.6 Å². The van der Waals surface area contributed by atoms with Gasteiger partial charge in [0.15, 0.2) is 11.6 Å². The van der Waals surface area contributed by atoms with Crippen LogP contribution >= 0.6 is 34.8 Å². The summed E-state index contributed by atoms with van der Waals surface area (Å²) in [5.41, 5.74) is 4.60. The summed E-state index contributed by atoms with van der Waals surface area (Å²) >= 11 is 17.9. The number of nitrogens with zero attached hydrogens (tertiary/aromatic N) is 1. The Balaban J connectivity index is 2.33. The third-order valence-electron chi connectivity index (χ3n) is 3.00. The van der Waals surface area contributed by atoms with E-state index in [1.807, 2.05) is 0 Å². The van der Waals surface area contributed by atoms with Gasteiger partial charge in [-0.15, -0.1) is 0 Å². The van der Waals surface area contributed by atoms with Crippen LogP contribution in [0.4, 0.5) is 14.5 Å². The molecule has 0 bridgehead atoms. The summed E-state index contributed by atoms with van der Waals surface area (Å²) in [6.45, 7) is 3.32. The van der Waals surface area contributed by atoms with Crippen LogP contribution in [-0.4, -0.2) is 5.71 Å². The predicted molar refractivity (Wildman–Crippen MR) is 88.4 cm³/mol. The molecule has 0 heterocycles. The van der Waals surface area contributed by atoms with Crippen molar-refractivity contribution in [1.82, 2.24) is 0 Å². The van der Waals surface area contributed by atoms with Gasteiger partial charge in [0.1, 0.15) is 0 Å². The third-order valence-corrected chi connectivity index (χ3v) is 3.81. The number of hydrazone groups is 1. The van der Waals surface area contributed by atoms with Crippen molar-refractivity contribution in [2.24, 2.45) is 5.10 Å². The molecule has 1 N–H and O–H groups in total. The molecule has 0 aliphatic heterocycles. The molecule has 0 saturated heterocycles. The van der Waals surface area contributed by atoms with Crippen molar-refractivity contribution in [1.29, 1.82) is 0 Å². The second kappa shape index (κ2) is 6.82. The van der Waals surface area contributed by atoms with E-state index in [0.29, 0.717) is 37.6 Å². The van der Waals surface area contributed by atoms with E-state index < -0.39 is 11.6 Å². The van der Waals surface area contributed by atoms with Crippen molar-refractivity contribution in [3.63, 3.8) is 0 Å². The van der Waals surface area contributed by atoms with Crippen LogP contribution in [0.2, 0.25) is 15.1 Å². The monoisotopic (exact) mass is 362 g/mol. The van der Waals surface area contributed by atoms with E-state index in [1.165, 1.54) is 12.1 Å². The molecule has 116 valence electrons. The van der Waals surface area contributed by atoms with Crippen molar-refractivity contribution < 1.29 is 8.78 Å². The molecule has 0 amide bonds. The highest BCUT2D eigenvalue weighted by molar-refractivity contribution is 6.41. The van der Waals surface area contributed by atoms with Gasteiger partial charge in [-0.25, -0.2) is 8.78 Å². The topological polar surface area (TPSA) is 24.4 Å². The molecule has 0 unspecified atom stereocenters. The van der Waals surface area contributed by atoms with Crippen molar-refractivity contribution in [3.8, 4) is 0 Å². The minimum Gasteiger partial charge on any atom is -0.275 e. The van der Waals surface area contributed by atoms with Gasteiger partial charge in [0.25, 0.3) is 0 Å². The molecule has 0 saturated carbocycles. The van der Waals surface area contributed by atoms with E-state index >= 15 is 0 Å². The van der Waals surface area contributed by atoms with Crippen molar-refractivity contribution in [2.45, 2.75) is 13.8 Å². The number of rotatable bonds is 3. The molecular formula is C15H11Cl3F2N2. The standard InChI is InChI=1S/C15H11Cl3F2N2/c1-7-3-13(19)14(20)6-10(7)8(2)21-22-15-11(17)4-9(16)5-12(15)18/h3-6,22H,1-2H3. The van der Waals surface area contributed by atoms with Gasteiger partial charge in [0.05, 0.1) is 21.4 Å². The number of nitrogens with one attached hydrogen (secondary N) is 1. The zero-order valence-corrected chi connectivity index (χ0v) is 13.9. The highest BCUT2D eigenvalue weighted by atomic mass is 35.5. The average Bonchev–Trinajstić information content (AvgIpc) is 2.41. The fraction of sp³-hybridized carbons (Fsp3) is 0.133. The van der Waals surface area contributed by atoms with E-state index in [-0.39, 0.29) is 0 Å². The molecule has 2 aromatic carbocycles. The lowest BCUT2D eigenvalue weighted by atomic mass is 10.0. The number of benzene rings is 2. The lowest BCUT2D eigenvalue weighted by molar-refractivity contribution is 0.507. The van der Waals surface area contributed by atoms with Crippen LogP contribution in [0.15, 0.2) is 29.4 Å². The molecule has 0 spiro atoms. The fourth-order valence-corrected chi connectivity index (χ4v) is 2.79. The first-order chi connectivity index (χ1) is 10.3. The first-order valence-corrected chi connectivity index (χ1v) is 7.34. The number of halogens is 5. The largest absolute Gasteiger partial charge is 0.275 e. The van der Waals surface area contributed by atoms with Crippen LogP contribution in [0.1, 0.15) is 18.1 Å². The van der Waals surface area contributed by atoms with Crippen LogP contribution in [0.25, 0.3) is 0 Å². The van der Waals surface area contributed by atoms with E-state index in [4.69, 9.17) is 34.8 Å². The minimum atomic E-state index is -0.933. The SMILES string of the molecule is CC(=NNc1c(Cl)cc(Cl)cc1Cl)c1cc(F)c(F)cc1C.